The van der Waals surface area contributed by atoms with Crippen molar-refractivity contribution in [2.45, 2.75) is 12.5 Å². The van der Waals surface area contributed by atoms with Crippen molar-refractivity contribution in [3.8, 4) is 17.2 Å². The van der Waals surface area contributed by atoms with Crippen LogP contribution in [-0.2, 0) is 16.0 Å². The van der Waals surface area contributed by atoms with Gasteiger partial charge >= 0.3 is 0 Å². The molecule has 3 amide bonds. The highest BCUT2D eigenvalue weighted by atomic mass is 32.2. The van der Waals surface area contributed by atoms with Gasteiger partial charge in [-0.05, 0) is 47.2 Å². The van der Waals surface area contributed by atoms with Crippen molar-refractivity contribution >= 4 is 34.9 Å². The lowest BCUT2D eigenvalue weighted by Crippen LogP contribution is -2.42. The van der Waals surface area contributed by atoms with E-state index in [0.717, 1.165) is 27.8 Å². The first kappa shape index (κ1) is 19.5. The van der Waals surface area contributed by atoms with Gasteiger partial charge in [-0.1, -0.05) is 24.3 Å². The quantitative estimate of drug-likeness (QED) is 0.717. The predicted octanol–water partition coefficient (Wildman–Crippen LogP) is 2.57. The molecular formula is C22H18N2O6S. The molecule has 3 heterocycles. The molecular weight excluding hydrogens is 420 g/mol. The Labute approximate surface area is 182 Å². The first-order chi connectivity index (χ1) is 15.1. The summed E-state index contributed by atoms with van der Waals surface area (Å²) in [5.74, 6) is 1.31. The molecule has 1 fully saturated rings. The number of para-hydroxylation sites is 1. The number of ether oxygens (including phenoxy) is 3. The minimum atomic E-state index is -0.599. The van der Waals surface area contributed by atoms with Crippen molar-refractivity contribution in [3.63, 3.8) is 0 Å². The Bertz CT molecular complexity index is 1090. The van der Waals surface area contributed by atoms with Crippen molar-refractivity contribution in [1.29, 1.82) is 0 Å². The van der Waals surface area contributed by atoms with Crippen LogP contribution in [0.3, 0.4) is 0 Å². The standard InChI is InChI=1S/C22H18N2O6S/c25-20(18-11-14-3-1-2-4-15(14)30-18)23-7-8-24-21(26)19(31-22(24)27)10-13-5-6-16-17(9-13)29-12-28-16/h1-6,9-10,18H,7-8,11-12H2,(H,23,25)/b19-10-. The highest BCUT2D eigenvalue weighted by molar-refractivity contribution is 8.18. The molecule has 0 radical (unpaired) electrons. The Kier molecular flexibility index (Phi) is 5.03. The van der Waals surface area contributed by atoms with Gasteiger partial charge in [-0.2, -0.15) is 0 Å². The number of rotatable bonds is 5. The number of imide groups is 1. The lowest BCUT2D eigenvalue weighted by molar-refractivity contribution is -0.128. The predicted molar refractivity (Wildman–Crippen MR) is 113 cm³/mol. The molecule has 0 bridgehead atoms. The molecule has 1 saturated heterocycles. The Morgan fingerprint density at radius 1 is 1.13 bits per heavy atom. The normalized spacial score (nSPS) is 20.2. The van der Waals surface area contributed by atoms with E-state index in [9.17, 15) is 14.4 Å². The van der Waals surface area contributed by atoms with Crippen molar-refractivity contribution in [2.75, 3.05) is 19.9 Å². The van der Waals surface area contributed by atoms with E-state index in [-0.39, 0.29) is 36.9 Å². The minimum Gasteiger partial charge on any atom is -0.480 e. The fraction of sp³-hybridized carbons (Fsp3) is 0.227. The van der Waals surface area contributed by atoms with Gasteiger partial charge in [-0.15, -0.1) is 0 Å². The van der Waals surface area contributed by atoms with Gasteiger partial charge in [-0.3, -0.25) is 19.3 Å². The summed E-state index contributed by atoms with van der Waals surface area (Å²) < 4.78 is 16.3. The maximum atomic E-state index is 12.7. The zero-order chi connectivity index (χ0) is 21.4. The van der Waals surface area contributed by atoms with Crippen LogP contribution in [0.4, 0.5) is 4.79 Å². The Morgan fingerprint density at radius 3 is 2.84 bits per heavy atom. The molecule has 0 spiro atoms. The number of nitrogens with one attached hydrogen (secondary N) is 1. The van der Waals surface area contributed by atoms with Crippen LogP contribution in [0.1, 0.15) is 11.1 Å². The van der Waals surface area contributed by atoms with Gasteiger partial charge in [0.2, 0.25) is 6.79 Å². The van der Waals surface area contributed by atoms with E-state index in [1.807, 2.05) is 24.3 Å². The molecule has 3 aliphatic heterocycles. The largest absolute Gasteiger partial charge is 0.480 e. The molecule has 158 valence electrons. The molecule has 1 N–H and O–H groups in total. The van der Waals surface area contributed by atoms with Gasteiger partial charge < -0.3 is 19.5 Å². The number of nitrogens with zero attached hydrogens (tertiary/aromatic N) is 1. The van der Waals surface area contributed by atoms with Crippen LogP contribution in [0, 0.1) is 0 Å². The van der Waals surface area contributed by atoms with Gasteiger partial charge in [0.15, 0.2) is 17.6 Å². The molecule has 1 unspecified atom stereocenters. The summed E-state index contributed by atoms with van der Waals surface area (Å²) in [5, 5.41) is 2.39. The van der Waals surface area contributed by atoms with E-state index >= 15 is 0 Å². The molecule has 5 rings (SSSR count). The van der Waals surface area contributed by atoms with Gasteiger partial charge in [0.25, 0.3) is 17.1 Å². The lowest BCUT2D eigenvalue weighted by atomic mass is 10.1. The van der Waals surface area contributed by atoms with Crippen LogP contribution in [0.25, 0.3) is 6.08 Å². The second-order valence-corrected chi connectivity index (χ2v) is 8.15. The fourth-order valence-electron chi connectivity index (χ4n) is 3.58. The number of carbonyl (C=O) groups is 3. The topological polar surface area (TPSA) is 94.2 Å². The number of carbonyl (C=O) groups excluding carboxylic acids is 3. The smallest absolute Gasteiger partial charge is 0.293 e. The van der Waals surface area contributed by atoms with E-state index < -0.39 is 6.10 Å². The molecule has 31 heavy (non-hydrogen) atoms. The minimum absolute atomic E-state index is 0.0918. The zero-order valence-corrected chi connectivity index (χ0v) is 17.1. The lowest BCUT2D eigenvalue weighted by Gasteiger charge is -2.15. The van der Waals surface area contributed by atoms with E-state index in [2.05, 4.69) is 5.32 Å². The number of amides is 3. The van der Waals surface area contributed by atoms with Gasteiger partial charge in [0.05, 0.1) is 4.91 Å². The van der Waals surface area contributed by atoms with Gasteiger partial charge in [0.1, 0.15) is 5.75 Å². The second kappa shape index (κ2) is 7.99. The van der Waals surface area contributed by atoms with Crippen LogP contribution in [-0.4, -0.2) is 47.9 Å². The summed E-state index contributed by atoms with van der Waals surface area (Å²) in [4.78, 5) is 38.8. The third-order valence-corrected chi connectivity index (χ3v) is 6.05. The summed E-state index contributed by atoms with van der Waals surface area (Å²) in [6.45, 7) is 0.415. The molecule has 2 aromatic carbocycles. The number of benzene rings is 2. The van der Waals surface area contributed by atoms with Crippen LogP contribution in [0.2, 0.25) is 0 Å². The van der Waals surface area contributed by atoms with Crippen molar-refractivity contribution < 1.29 is 28.6 Å². The number of fused-ring (bicyclic) bond motifs is 2. The Balaban J connectivity index is 1.17. The van der Waals surface area contributed by atoms with E-state index in [1.165, 1.54) is 0 Å². The van der Waals surface area contributed by atoms with Crippen LogP contribution in [0.5, 0.6) is 17.2 Å². The second-order valence-electron chi connectivity index (χ2n) is 7.16. The molecule has 3 aliphatic rings. The van der Waals surface area contributed by atoms with Gasteiger partial charge in [0, 0.05) is 19.5 Å². The number of hydrogen-bond donors (Lipinski definition) is 1. The first-order valence-electron chi connectivity index (χ1n) is 9.76. The molecule has 9 heteroatoms. The van der Waals surface area contributed by atoms with Crippen molar-refractivity contribution in [1.82, 2.24) is 10.2 Å². The molecule has 8 nitrogen and oxygen atoms in total. The molecule has 0 aliphatic carbocycles. The fourth-order valence-corrected chi connectivity index (χ4v) is 4.45. The highest BCUT2D eigenvalue weighted by Gasteiger charge is 2.35. The Morgan fingerprint density at radius 2 is 1.97 bits per heavy atom. The molecule has 0 saturated carbocycles. The third kappa shape index (κ3) is 3.84. The summed E-state index contributed by atoms with van der Waals surface area (Å²) >= 11 is 0.875. The summed E-state index contributed by atoms with van der Waals surface area (Å²) in [6.07, 6.45) is 1.55. The monoisotopic (exact) mass is 438 g/mol. The van der Waals surface area contributed by atoms with Crippen LogP contribution >= 0.6 is 11.8 Å². The van der Waals surface area contributed by atoms with Crippen molar-refractivity contribution in [3.05, 3.63) is 58.5 Å². The zero-order valence-electron chi connectivity index (χ0n) is 16.3. The molecule has 0 aromatic heterocycles. The maximum Gasteiger partial charge on any atom is 0.293 e. The van der Waals surface area contributed by atoms with E-state index in [4.69, 9.17) is 14.2 Å². The van der Waals surface area contributed by atoms with Gasteiger partial charge in [-0.25, -0.2) is 0 Å². The van der Waals surface area contributed by atoms with E-state index in [1.54, 1.807) is 24.3 Å². The average molecular weight is 438 g/mol. The SMILES string of the molecule is O=C(NCCN1C(=O)S/C(=C\c2ccc3c(c2)OCO3)C1=O)C1Cc2ccccc2O1. The van der Waals surface area contributed by atoms with E-state index in [0.29, 0.717) is 28.6 Å². The number of thioether (sulfide) groups is 1. The summed E-state index contributed by atoms with van der Waals surface area (Å²) in [5.41, 5.74) is 1.73. The van der Waals surface area contributed by atoms with Crippen LogP contribution in [0.15, 0.2) is 47.4 Å². The summed E-state index contributed by atoms with van der Waals surface area (Å²) in [6, 6.07) is 12.8. The average Bonchev–Trinajstić information content (AvgIpc) is 3.47. The number of hydrogen-bond acceptors (Lipinski definition) is 7. The Hall–Kier alpha value is -3.46. The highest BCUT2D eigenvalue weighted by Crippen LogP contribution is 2.36. The molecule has 1 atom stereocenters. The maximum absolute atomic E-state index is 12.7. The first-order valence-corrected chi connectivity index (χ1v) is 10.6. The van der Waals surface area contributed by atoms with Crippen molar-refractivity contribution in [2.24, 2.45) is 0 Å². The van der Waals surface area contributed by atoms with Crippen LogP contribution < -0.4 is 19.5 Å². The molecule has 2 aromatic rings. The summed E-state index contributed by atoms with van der Waals surface area (Å²) in [7, 11) is 0. The third-order valence-electron chi connectivity index (χ3n) is 5.14.